The highest BCUT2D eigenvalue weighted by atomic mass is 16.2. The number of amides is 2. The lowest BCUT2D eigenvalue weighted by Crippen LogP contribution is -2.31. The first-order valence-electron chi connectivity index (χ1n) is 6.68. The van der Waals surface area contributed by atoms with E-state index in [2.05, 4.69) is 5.32 Å². The third-order valence-electron chi connectivity index (χ3n) is 3.10. The molecule has 0 fully saturated rings. The average molecular weight is 277 g/mol. The van der Waals surface area contributed by atoms with Crippen LogP contribution >= 0.6 is 0 Å². The topological polar surface area (TPSA) is 75.4 Å². The second-order valence-corrected chi connectivity index (χ2v) is 5.44. The van der Waals surface area contributed by atoms with E-state index in [1.165, 1.54) is 4.90 Å². The fraction of sp³-hybridized carbons (Fsp3) is 0.467. The van der Waals surface area contributed by atoms with Gasteiger partial charge in [0.15, 0.2) is 0 Å². The molecule has 0 aliphatic carbocycles. The molecule has 1 unspecified atom stereocenters. The molecule has 5 heteroatoms. The van der Waals surface area contributed by atoms with Crippen LogP contribution in [0.5, 0.6) is 0 Å². The Morgan fingerprint density at radius 3 is 2.20 bits per heavy atom. The highest BCUT2D eigenvalue weighted by molar-refractivity contribution is 5.95. The molecule has 0 saturated carbocycles. The molecule has 1 aromatic carbocycles. The van der Waals surface area contributed by atoms with Crippen molar-refractivity contribution in [3.8, 4) is 0 Å². The van der Waals surface area contributed by atoms with Crippen LogP contribution < -0.4 is 11.1 Å². The number of anilines is 1. The number of hydrogen-bond acceptors (Lipinski definition) is 3. The second-order valence-electron chi connectivity index (χ2n) is 5.44. The number of carbonyl (C=O) groups excluding carboxylic acids is 2. The van der Waals surface area contributed by atoms with Gasteiger partial charge in [0.25, 0.3) is 5.91 Å². The van der Waals surface area contributed by atoms with Gasteiger partial charge in [-0.2, -0.15) is 0 Å². The number of rotatable bonds is 5. The third kappa shape index (κ3) is 4.66. The van der Waals surface area contributed by atoms with E-state index in [4.69, 9.17) is 5.73 Å². The maximum atomic E-state index is 11.8. The molecule has 0 heterocycles. The van der Waals surface area contributed by atoms with Crippen LogP contribution in [0.1, 0.15) is 30.6 Å². The average Bonchev–Trinajstić information content (AvgIpc) is 2.38. The zero-order chi connectivity index (χ0) is 15.3. The summed E-state index contributed by atoms with van der Waals surface area (Å²) in [5, 5.41) is 2.78. The molecule has 110 valence electrons. The lowest BCUT2D eigenvalue weighted by atomic mass is 10.0. The monoisotopic (exact) mass is 277 g/mol. The van der Waals surface area contributed by atoms with Crippen molar-refractivity contribution in [1.82, 2.24) is 4.90 Å². The summed E-state index contributed by atoms with van der Waals surface area (Å²) in [6, 6.07) is 6.68. The molecule has 0 spiro atoms. The van der Waals surface area contributed by atoms with Gasteiger partial charge in [0.2, 0.25) is 5.91 Å². The molecule has 0 aliphatic heterocycles. The summed E-state index contributed by atoms with van der Waals surface area (Å²) in [5.41, 5.74) is 7.11. The Kier molecular flexibility index (Phi) is 5.70. The summed E-state index contributed by atoms with van der Waals surface area (Å²) < 4.78 is 0. The number of carbonyl (C=O) groups is 2. The first kappa shape index (κ1) is 16.2. The first-order valence-corrected chi connectivity index (χ1v) is 6.68. The molecular weight excluding hydrogens is 254 g/mol. The van der Waals surface area contributed by atoms with E-state index in [1.807, 2.05) is 13.8 Å². The predicted octanol–water partition coefficient (Wildman–Crippen LogP) is 1.70. The molecule has 1 rings (SSSR count). The molecular formula is C15H23N3O2. The predicted molar refractivity (Wildman–Crippen MR) is 80.5 cm³/mol. The van der Waals surface area contributed by atoms with Crippen LogP contribution in [-0.2, 0) is 4.79 Å². The van der Waals surface area contributed by atoms with Crippen molar-refractivity contribution in [2.24, 2.45) is 11.7 Å². The van der Waals surface area contributed by atoms with Crippen LogP contribution in [-0.4, -0.2) is 36.9 Å². The van der Waals surface area contributed by atoms with Crippen molar-refractivity contribution in [1.29, 1.82) is 0 Å². The molecule has 20 heavy (non-hydrogen) atoms. The van der Waals surface area contributed by atoms with E-state index in [1.54, 1.807) is 38.4 Å². The Bertz CT molecular complexity index is 467. The number of benzene rings is 1. The van der Waals surface area contributed by atoms with Crippen molar-refractivity contribution in [3.05, 3.63) is 29.8 Å². The maximum Gasteiger partial charge on any atom is 0.253 e. The third-order valence-corrected chi connectivity index (χ3v) is 3.10. The maximum absolute atomic E-state index is 11.8. The van der Waals surface area contributed by atoms with Gasteiger partial charge in [0.05, 0.1) is 0 Å². The quantitative estimate of drug-likeness (QED) is 0.860. The minimum absolute atomic E-state index is 0.0651. The highest BCUT2D eigenvalue weighted by Gasteiger charge is 2.13. The largest absolute Gasteiger partial charge is 0.345 e. The Labute approximate surface area is 120 Å². The van der Waals surface area contributed by atoms with Crippen LogP contribution in [0, 0.1) is 5.92 Å². The number of nitrogens with zero attached hydrogens (tertiary/aromatic N) is 1. The lowest BCUT2D eigenvalue weighted by molar-refractivity contribution is -0.116. The van der Waals surface area contributed by atoms with E-state index < -0.39 is 0 Å². The molecule has 0 saturated heterocycles. The van der Waals surface area contributed by atoms with Crippen LogP contribution in [0.25, 0.3) is 0 Å². The molecule has 3 N–H and O–H groups in total. The first-order chi connectivity index (χ1) is 9.31. The van der Waals surface area contributed by atoms with Crippen LogP contribution in [0.3, 0.4) is 0 Å². The van der Waals surface area contributed by atoms with Gasteiger partial charge in [-0.3, -0.25) is 9.59 Å². The zero-order valence-electron chi connectivity index (χ0n) is 12.5. The van der Waals surface area contributed by atoms with E-state index in [0.717, 1.165) is 0 Å². The minimum Gasteiger partial charge on any atom is -0.345 e. The zero-order valence-corrected chi connectivity index (χ0v) is 12.5. The molecule has 0 bridgehead atoms. The van der Waals surface area contributed by atoms with Crippen molar-refractivity contribution in [2.45, 2.75) is 26.3 Å². The highest BCUT2D eigenvalue weighted by Crippen LogP contribution is 2.12. The summed E-state index contributed by atoms with van der Waals surface area (Å²) >= 11 is 0. The summed E-state index contributed by atoms with van der Waals surface area (Å²) in [6.45, 7) is 3.97. The van der Waals surface area contributed by atoms with Gasteiger partial charge < -0.3 is 16.0 Å². The molecule has 0 aromatic heterocycles. The standard InChI is InChI=1S/C15H23N3O2/c1-10(2)13(16)9-14(19)17-12-7-5-11(6-8-12)15(20)18(3)4/h5-8,10,13H,9,16H2,1-4H3,(H,17,19). The molecule has 5 nitrogen and oxygen atoms in total. The molecule has 0 radical (unpaired) electrons. The summed E-state index contributed by atoms with van der Waals surface area (Å²) in [5.74, 6) is 0.0865. The SMILES string of the molecule is CC(C)C(N)CC(=O)Nc1ccc(C(=O)N(C)C)cc1. The second kappa shape index (κ2) is 7.05. The molecule has 2 amide bonds. The van der Waals surface area contributed by atoms with Crippen LogP contribution in [0.2, 0.25) is 0 Å². The van der Waals surface area contributed by atoms with Crippen LogP contribution in [0.4, 0.5) is 5.69 Å². The Hall–Kier alpha value is -1.88. The van der Waals surface area contributed by atoms with Gasteiger partial charge in [-0.15, -0.1) is 0 Å². The van der Waals surface area contributed by atoms with E-state index in [-0.39, 0.29) is 30.2 Å². The van der Waals surface area contributed by atoms with Gasteiger partial charge in [-0.1, -0.05) is 13.8 Å². The summed E-state index contributed by atoms with van der Waals surface area (Å²) in [4.78, 5) is 25.0. The molecule has 1 aromatic rings. The summed E-state index contributed by atoms with van der Waals surface area (Å²) in [7, 11) is 3.40. The van der Waals surface area contributed by atoms with Gasteiger partial charge in [-0.25, -0.2) is 0 Å². The van der Waals surface area contributed by atoms with Gasteiger partial charge in [0.1, 0.15) is 0 Å². The minimum atomic E-state index is -0.149. The number of nitrogens with one attached hydrogen (secondary N) is 1. The van der Waals surface area contributed by atoms with Crippen molar-refractivity contribution in [3.63, 3.8) is 0 Å². The smallest absolute Gasteiger partial charge is 0.253 e. The van der Waals surface area contributed by atoms with Gasteiger partial charge in [0, 0.05) is 37.8 Å². The molecule has 1 atom stereocenters. The molecule has 0 aliphatic rings. The van der Waals surface area contributed by atoms with Crippen molar-refractivity contribution in [2.75, 3.05) is 19.4 Å². The van der Waals surface area contributed by atoms with Crippen molar-refractivity contribution >= 4 is 17.5 Å². The normalized spacial score (nSPS) is 12.1. The number of hydrogen-bond donors (Lipinski definition) is 2. The van der Waals surface area contributed by atoms with E-state index >= 15 is 0 Å². The Morgan fingerprint density at radius 2 is 1.75 bits per heavy atom. The fourth-order valence-electron chi connectivity index (χ4n) is 1.62. The fourth-order valence-corrected chi connectivity index (χ4v) is 1.62. The van der Waals surface area contributed by atoms with E-state index in [0.29, 0.717) is 11.3 Å². The Balaban J connectivity index is 2.62. The van der Waals surface area contributed by atoms with Gasteiger partial charge >= 0.3 is 0 Å². The van der Waals surface area contributed by atoms with Gasteiger partial charge in [-0.05, 0) is 30.2 Å². The summed E-state index contributed by atoms with van der Waals surface area (Å²) in [6.07, 6.45) is 0.288. The Morgan fingerprint density at radius 1 is 1.20 bits per heavy atom. The van der Waals surface area contributed by atoms with Crippen molar-refractivity contribution < 1.29 is 9.59 Å². The van der Waals surface area contributed by atoms with Crippen LogP contribution in [0.15, 0.2) is 24.3 Å². The number of nitrogens with two attached hydrogens (primary N) is 1. The lowest BCUT2D eigenvalue weighted by Gasteiger charge is -2.15. The van der Waals surface area contributed by atoms with E-state index in [9.17, 15) is 9.59 Å².